The number of hydrogen-bond donors (Lipinski definition) is 2. The maximum atomic E-state index is 12.6. The van der Waals surface area contributed by atoms with Crippen LogP contribution in [0.15, 0.2) is 24.3 Å². The van der Waals surface area contributed by atoms with Crippen LogP contribution in [0.25, 0.3) is 0 Å². The lowest BCUT2D eigenvalue weighted by atomic mass is 10.0. The Morgan fingerprint density at radius 2 is 1.96 bits per heavy atom. The van der Waals surface area contributed by atoms with Crippen LogP contribution in [0.5, 0.6) is 5.75 Å². The normalized spacial score (nSPS) is 21.1. The Kier molecular flexibility index (Phi) is 6.67. The highest BCUT2D eigenvalue weighted by Gasteiger charge is 2.41. The quantitative estimate of drug-likeness (QED) is 0.802. The molecule has 3 rings (SSSR count). The van der Waals surface area contributed by atoms with Gasteiger partial charge in [-0.15, -0.1) is 12.4 Å². The van der Waals surface area contributed by atoms with Gasteiger partial charge >= 0.3 is 0 Å². The van der Waals surface area contributed by atoms with E-state index in [0.29, 0.717) is 11.8 Å². The van der Waals surface area contributed by atoms with Gasteiger partial charge in [-0.2, -0.15) is 0 Å². The molecule has 1 saturated carbocycles. The zero-order valence-electron chi connectivity index (χ0n) is 14.7. The Balaban J connectivity index is 0.00000225. The molecule has 0 unspecified atom stereocenters. The van der Waals surface area contributed by atoms with E-state index in [1.165, 1.54) is 0 Å². The standard InChI is InChI=1S/C18H25N3O3.ClH/c1-19-18(23)16(13-6-3-4-8-15(13)24-2)21-11-5-7-14(21)17(22)20-12-9-10-12;/h3-4,6,8,12,14,16H,5,7,9-11H2,1-2H3,(H,19,23)(H,20,22);1H/t14-,16+;/m0./s1. The highest BCUT2D eigenvalue weighted by Crippen LogP contribution is 2.35. The van der Waals surface area contributed by atoms with Crippen LogP contribution in [-0.2, 0) is 9.59 Å². The summed E-state index contributed by atoms with van der Waals surface area (Å²) in [6, 6.07) is 7.05. The van der Waals surface area contributed by atoms with Crippen molar-refractivity contribution in [2.45, 2.75) is 43.8 Å². The summed E-state index contributed by atoms with van der Waals surface area (Å²) in [6.45, 7) is 0.721. The third-order valence-electron chi connectivity index (χ3n) is 4.78. The lowest BCUT2D eigenvalue weighted by Crippen LogP contribution is -2.49. The van der Waals surface area contributed by atoms with Crippen molar-refractivity contribution in [1.82, 2.24) is 15.5 Å². The minimum atomic E-state index is -0.524. The van der Waals surface area contributed by atoms with Crippen molar-refractivity contribution in [3.63, 3.8) is 0 Å². The fourth-order valence-electron chi connectivity index (χ4n) is 3.40. The predicted molar refractivity (Wildman–Crippen MR) is 97.9 cm³/mol. The maximum Gasteiger partial charge on any atom is 0.241 e. The lowest BCUT2D eigenvalue weighted by molar-refractivity contribution is -0.131. The average molecular weight is 368 g/mol. The van der Waals surface area contributed by atoms with Gasteiger partial charge < -0.3 is 15.4 Å². The van der Waals surface area contributed by atoms with Crippen molar-refractivity contribution in [2.24, 2.45) is 0 Å². The molecule has 7 heteroatoms. The maximum absolute atomic E-state index is 12.6. The summed E-state index contributed by atoms with van der Waals surface area (Å²) >= 11 is 0. The Hall–Kier alpha value is -1.79. The van der Waals surface area contributed by atoms with Crippen molar-refractivity contribution < 1.29 is 14.3 Å². The molecule has 6 nitrogen and oxygen atoms in total. The van der Waals surface area contributed by atoms with Gasteiger partial charge in [0.15, 0.2) is 0 Å². The monoisotopic (exact) mass is 367 g/mol. The molecule has 0 spiro atoms. The number of benzene rings is 1. The number of likely N-dealkylation sites (tertiary alicyclic amines) is 1. The molecule has 1 heterocycles. The first-order valence-corrected chi connectivity index (χ1v) is 8.56. The number of rotatable bonds is 6. The molecule has 1 aliphatic heterocycles. The minimum absolute atomic E-state index is 0. The molecule has 1 aromatic rings. The molecule has 2 atom stereocenters. The topological polar surface area (TPSA) is 70.7 Å². The van der Waals surface area contributed by atoms with Crippen LogP contribution in [0.3, 0.4) is 0 Å². The first kappa shape index (κ1) is 19.5. The van der Waals surface area contributed by atoms with Gasteiger partial charge in [-0.05, 0) is 31.7 Å². The number of para-hydroxylation sites is 1. The number of halogens is 1. The molecule has 25 heavy (non-hydrogen) atoms. The van der Waals surface area contributed by atoms with Crippen LogP contribution in [0.2, 0.25) is 0 Å². The SMILES string of the molecule is CNC(=O)[C@@H](c1ccccc1OC)N1CCC[C@H]1C(=O)NC1CC1.Cl. The van der Waals surface area contributed by atoms with Gasteiger partial charge in [0, 0.05) is 25.2 Å². The second-order valence-corrected chi connectivity index (χ2v) is 6.44. The van der Waals surface area contributed by atoms with E-state index in [4.69, 9.17) is 4.74 Å². The smallest absolute Gasteiger partial charge is 0.241 e. The molecule has 2 N–H and O–H groups in total. The minimum Gasteiger partial charge on any atom is -0.496 e. The van der Waals surface area contributed by atoms with Gasteiger partial charge in [0.1, 0.15) is 11.8 Å². The van der Waals surface area contributed by atoms with E-state index in [1.54, 1.807) is 14.2 Å². The van der Waals surface area contributed by atoms with Crippen LogP contribution >= 0.6 is 12.4 Å². The molecule has 0 aromatic heterocycles. The van der Waals surface area contributed by atoms with Crippen LogP contribution in [-0.4, -0.2) is 49.5 Å². The van der Waals surface area contributed by atoms with E-state index in [2.05, 4.69) is 10.6 Å². The number of methoxy groups -OCH3 is 1. The number of ether oxygens (including phenoxy) is 1. The second-order valence-electron chi connectivity index (χ2n) is 6.44. The van der Waals surface area contributed by atoms with Crippen molar-refractivity contribution in [2.75, 3.05) is 20.7 Å². The van der Waals surface area contributed by atoms with Gasteiger partial charge in [0.05, 0.1) is 13.2 Å². The van der Waals surface area contributed by atoms with Gasteiger partial charge in [-0.3, -0.25) is 14.5 Å². The Morgan fingerprint density at radius 3 is 2.60 bits per heavy atom. The van der Waals surface area contributed by atoms with Crippen LogP contribution in [0, 0.1) is 0 Å². The molecule has 138 valence electrons. The zero-order chi connectivity index (χ0) is 17.1. The third kappa shape index (κ3) is 4.25. The molecule has 2 fully saturated rings. The summed E-state index contributed by atoms with van der Waals surface area (Å²) in [4.78, 5) is 27.2. The van der Waals surface area contributed by atoms with E-state index in [9.17, 15) is 9.59 Å². The van der Waals surface area contributed by atoms with Gasteiger partial charge in [0.25, 0.3) is 0 Å². The van der Waals surface area contributed by atoms with Crippen LogP contribution in [0.1, 0.15) is 37.3 Å². The summed E-state index contributed by atoms with van der Waals surface area (Å²) in [5.74, 6) is 0.587. The van der Waals surface area contributed by atoms with E-state index in [-0.39, 0.29) is 30.3 Å². The summed E-state index contributed by atoms with van der Waals surface area (Å²) < 4.78 is 5.44. The van der Waals surface area contributed by atoms with Crippen LogP contribution < -0.4 is 15.4 Å². The summed E-state index contributed by atoms with van der Waals surface area (Å²) in [5.41, 5.74) is 0.797. The van der Waals surface area contributed by atoms with E-state index in [1.807, 2.05) is 29.2 Å². The third-order valence-corrected chi connectivity index (χ3v) is 4.78. The number of amides is 2. The van der Waals surface area contributed by atoms with Gasteiger partial charge in [-0.1, -0.05) is 18.2 Å². The largest absolute Gasteiger partial charge is 0.496 e. The summed E-state index contributed by atoms with van der Waals surface area (Å²) in [7, 11) is 3.22. The first-order valence-electron chi connectivity index (χ1n) is 8.56. The average Bonchev–Trinajstić information content (AvgIpc) is 3.29. The number of likely N-dealkylation sites (N-methyl/N-ethyl adjacent to an activating group) is 1. The van der Waals surface area contributed by atoms with E-state index < -0.39 is 6.04 Å². The van der Waals surface area contributed by atoms with E-state index in [0.717, 1.165) is 37.8 Å². The fourth-order valence-corrected chi connectivity index (χ4v) is 3.40. The van der Waals surface area contributed by atoms with Crippen molar-refractivity contribution >= 4 is 24.2 Å². The first-order chi connectivity index (χ1) is 11.7. The Bertz CT molecular complexity index is 621. The lowest BCUT2D eigenvalue weighted by Gasteiger charge is -2.32. The molecular formula is C18H26ClN3O3. The molecule has 2 amide bonds. The summed E-state index contributed by atoms with van der Waals surface area (Å²) in [6.07, 6.45) is 3.81. The number of nitrogens with zero attached hydrogens (tertiary/aromatic N) is 1. The Morgan fingerprint density at radius 1 is 1.24 bits per heavy atom. The molecular weight excluding hydrogens is 342 g/mol. The van der Waals surface area contributed by atoms with E-state index >= 15 is 0 Å². The molecule has 1 aliphatic carbocycles. The molecule has 1 saturated heterocycles. The molecule has 0 radical (unpaired) electrons. The molecule has 0 bridgehead atoms. The molecule has 2 aliphatic rings. The summed E-state index contributed by atoms with van der Waals surface area (Å²) in [5, 5.41) is 5.81. The van der Waals surface area contributed by atoms with Crippen molar-refractivity contribution in [3.05, 3.63) is 29.8 Å². The fraction of sp³-hybridized carbons (Fsp3) is 0.556. The van der Waals surface area contributed by atoms with Gasteiger partial charge in [0.2, 0.25) is 11.8 Å². The highest BCUT2D eigenvalue weighted by molar-refractivity contribution is 5.87. The number of hydrogen-bond acceptors (Lipinski definition) is 4. The number of carbonyl (C=O) groups excluding carboxylic acids is 2. The molecule has 1 aromatic carbocycles. The highest BCUT2D eigenvalue weighted by atomic mass is 35.5. The van der Waals surface area contributed by atoms with Crippen LogP contribution in [0.4, 0.5) is 0 Å². The van der Waals surface area contributed by atoms with Crippen molar-refractivity contribution in [1.29, 1.82) is 0 Å². The second kappa shape index (κ2) is 8.54. The number of nitrogens with one attached hydrogen (secondary N) is 2. The predicted octanol–water partition coefficient (Wildman–Crippen LogP) is 1.65. The van der Waals surface area contributed by atoms with Gasteiger partial charge in [-0.25, -0.2) is 0 Å². The zero-order valence-corrected chi connectivity index (χ0v) is 15.5. The van der Waals surface area contributed by atoms with Crippen molar-refractivity contribution in [3.8, 4) is 5.75 Å². The number of carbonyl (C=O) groups is 2. The Labute approximate surface area is 154 Å².